The van der Waals surface area contributed by atoms with Gasteiger partial charge in [-0.1, -0.05) is 6.92 Å². The van der Waals surface area contributed by atoms with E-state index in [0.29, 0.717) is 17.9 Å². The van der Waals surface area contributed by atoms with Gasteiger partial charge >= 0.3 is 6.18 Å². The monoisotopic (exact) mass is 343 g/mol. The molecule has 0 saturated carbocycles. The van der Waals surface area contributed by atoms with Crippen molar-refractivity contribution in [3.05, 3.63) is 45.6 Å². The van der Waals surface area contributed by atoms with Crippen LogP contribution in [-0.2, 0) is 6.18 Å². The molecule has 7 heteroatoms. The van der Waals surface area contributed by atoms with E-state index in [1.807, 2.05) is 13.8 Å². The summed E-state index contributed by atoms with van der Waals surface area (Å²) in [6, 6.07) is 6.47. The number of halogens is 3. The molecule has 124 valence electrons. The highest BCUT2D eigenvalue weighted by Crippen LogP contribution is 2.35. The van der Waals surface area contributed by atoms with Crippen LogP contribution in [0, 0.1) is 6.92 Å². The Hall–Kier alpha value is -2.02. The second-order valence-corrected chi connectivity index (χ2v) is 6.21. The Balaban J connectivity index is 2.30. The third kappa shape index (κ3) is 4.48. The molecule has 2 rings (SSSR count). The number of carbonyl (C=O) groups is 1. The molecule has 0 bridgehead atoms. The van der Waals surface area contributed by atoms with Crippen LogP contribution in [-0.4, -0.2) is 12.5 Å². The number of alkyl halides is 3. The molecule has 0 spiro atoms. The molecule has 0 saturated heterocycles. The second kappa shape index (κ2) is 7.04. The third-order valence-corrected chi connectivity index (χ3v) is 3.98. The SMILES string of the molecule is CCCOc1ccc(C(F)(F)F)cc1NC(=O)c1ccc(C)s1. The van der Waals surface area contributed by atoms with Crippen molar-refractivity contribution < 1.29 is 22.7 Å². The number of rotatable bonds is 5. The van der Waals surface area contributed by atoms with Crippen molar-refractivity contribution >= 4 is 22.9 Å². The molecule has 1 N–H and O–H groups in total. The van der Waals surface area contributed by atoms with E-state index in [1.165, 1.54) is 17.4 Å². The lowest BCUT2D eigenvalue weighted by atomic mass is 10.1. The summed E-state index contributed by atoms with van der Waals surface area (Å²) < 4.78 is 44.0. The van der Waals surface area contributed by atoms with Crippen LogP contribution in [0.25, 0.3) is 0 Å². The van der Waals surface area contributed by atoms with Crippen molar-refractivity contribution in [3.8, 4) is 5.75 Å². The maximum atomic E-state index is 12.9. The summed E-state index contributed by atoms with van der Waals surface area (Å²) >= 11 is 1.27. The normalized spacial score (nSPS) is 11.3. The van der Waals surface area contributed by atoms with E-state index in [2.05, 4.69) is 5.32 Å². The Bertz CT molecular complexity index is 695. The molecule has 0 unspecified atom stereocenters. The number of anilines is 1. The summed E-state index contributed by atoms with van der Waals surface area (Å²) in [5.74, 6) is -0.231. The smallest absolute Gasteiger partial charge is 0.416 e. The Morgan fingerprint density at radius 1 is 1.26 bits per heavy atom. The van der Waals surface area contributed by atoms with E-state index < -0.39 is 17.6 Å². The van der Waals surface area contributed by atoms with Crippen LogP contribution in [0.5, 0.6) is 5.75 Å². The van der Waals surface area contributed by atoms with E-state index in [4.69, 9.17) is 4.74 Å². The number of hydrogen-bond acceptors (Lipinski definition) is 3. The number of thiophene rings is 1. The Morgan fingerprint density at radius 2 is 2.00 bits per heavy atom. The molecular formula is C16H16F3NO2S. The number of aryl methyl sites for hydroxylation is 1. The standard InChI is InChI=1S/C16H16F3NO2S/c1-3-8-22-13-6-5-11(16(17,18)19)9-12(13)20-15(21)14-7-4-10(2)23-14/h4-7,9H,3,8H2,1-2H3,(H,20,21). The predicted molar refractivity (Wildman–Crippen MR) is 84.2 cm³/mol. The van der Waals surface area contributed by atoms with Gasteiger partial charge in [0, 0.05) is 4.88 Å². The van der Waals surface area contributed by atoms with Crippen LogP contribution in [0.3, 0.4) is 0 Å². The van der Waals surface area contributed by atoms with E-state index in [-0.39, 0.29) is 11.4 Å². The van der Waals surface area contributed by atoms with Gasteiger partial charge in [-0.15, -0.1) is 11.3 Å². The van der Waals surface area contributed by atoms with Crippen molar-refractivity contribution in [2.24, 2.45) is 0 Å². The van der Waals surface area contributed by atoms with Crippen molar-refractivity contribution in [2.75, 3.05) is 11.9 Å². The number of nitrogens with one attached hydrogen (secondary N) is 1. The zero-order valence-corrected chi connectivity index (χ0v) is 13.5. The molecule has 0 atom stereocenters. The largest absolute Gasteiger partial charge is 0.491 e. The lowest BCUT2D eigenvalue weighted by Crippen LogP contribution is -2.13. The molecule has 23 heavy (non-hydrogen) atoms. The fourth-order valence-corrected chi connectivity index (χ4v) is 2.65. The molecule has 0 aliphatic rings. The summed E-state index contributed by atoms with van der Waals surface area (Å²) in [5, 5.41) is 2.51. The number of hydrogen-bond donors (Lipinski definition) is 1. The Kier molecular flexibility index (Phi) is 5.30. The number of carbonyl (C=O) groups excluding carboxylic acids is 1. The summed E-state index contributed by atoms with van der Waals surface area (Å²) in [5.41, 5.74) is -0.816. The molecule has 1 amide bonds. The maximum Gasteiger partial charge on any atom is 0.416 e. The number of amides is 1. The van der Waals surface area contributed by atoms with Crippen molar-refractivity contribution in [1.82, 2.24) is 0 Å². The van der Waals surface area contributed by atoms with E-state index in [1.54, 1.807) is 12.1 Å². The minimum absolute atomic E-state index is 0.0179. The van der Waals surface area contributed by atoms with Gasteiger partial charge in [-0.25, -0.2) is 0 Å². The van der Waals surface area contributed by atoms with E-state index >= 15 is 0 Å². The van der Waals surface area contributed by atoms with E-state index in [0.717, 1.165) is 17.0 Å². The minimum Gasteiger partial charge on any atom is -0.491 e. The summed E-state index contributed by atoms with van der Waals surface area (Å²) in [6.45, 7) is 4.09. The van der Waals surface area contributed by atoms with Gasteiger partial charge in [0.15, 0.2) is 0 Å². The Labute approximate surface area is 136 Å². The fourth-order valence-electron chi connectivity index (χ4n) is 1.88. The van der Waals surface area contributed by atoms with E-state index in [9.17, 15) is 18.0 Å². The van der Waals surface area contributed by atoms with Crippen molar-refractivity contribution in [1.29, 1.82) is 0 Å². The third-order valence-electron chi connectivity index (χ3n) is 2.98. The molecule has 1 heterocycles. The minimum atomic E-state index is -4.48. The van der Waals surface area contributed by atoms with Gasteiger partial charge in [0.2, 0.25) is 0 Å². The van der Waals surface area contributed by atoms with Crippen molar-refractivity contribution in [2.45, 2.75) is 26.4 Å². The van der Waals surface area contributed by atoms with Crippen LogP contribution < -0.4 is 10.1 Å². The molecule has 0 fully saturated rings. The number of benzene rings is 1. The highest BCUT2D eigenvalue weighted by molar-refractivity contribution is 7.14. The zero-order chi connectivity index (χ0) is 17.0. The zero-order valence-electron chi connectivity index (χ0n) is 12.7. The molecule has 3 nitrogen and oxygen atoms in total. The quantitative estimate of drug-likeness (QED) is 0.818. The highest BCUT2D eigenvalue weighted by atomic mass is 32.1. The van der Waals surface area contributed by atoms with Crippen LogP contribution in [0.1, 0.15) is 33.5 Å². The lowest BCUT2D eigenvalue weighted by Gasteiger charge is -2.14. The maximum absolute atomic E-state index is 12.9. The van der Waals surface area contributed by atoms with Gasteiger partial charge in [-0.05, 0) is 43.7 Å². The number of ether oxygens (including phenoxy) is 1. The van der Waals surface area contributed by atoms with Gasteiger partial charge in [-0.3, -0.25) is 4.79 Å². The second-order valence-electron chi connectivity index (χ2n) is 4.92. The molecule has 0 radical (unpaired) electrons. The molecule has 1 aromatic heterocycles. The Morgan fingerprint density at radius 3 is 2.57 bits per heavy atom. The average molecular weight is 343 g/mol. The molecule has 1 aromatic carbocycles. The lowest BCUT2D eigenvalue weighted by molar-refractivity contribution is -0.137. The predicted octanol–water partition coefficient (Wildman–Crippen LogP) is 5.12. The van der Waals surface area contributed by atoms with Crippen LogP contribution in [0.4, 0.5) is 18.9 Å². The molecule has 0 aliphatic heterocycles. The summed E-state index contributed by atoms with van der Waals surface area (Å²) in [7, 11) is 0. The molecule has 2 aromatic rings. The van der Waals surface area contributed by atoms with Crippen LogP contribution in [0.15, 0.2) is 30.3 Å². The average Bonchev–Trinajstić information content (AvgIpc) is 2.91. The summed E-state index contributed by atoms with van der Waals surface area (Å²) in [4.78, 5) is 13.6. The van der Waals surface area contributed by atoms with Gasteiger partial charge in [-0.2, -0.15) is 13.2 Å². The summed E-state index contributed by atoms with van der Waals surface area (Å²) in [6.07, 6.45) is -3.78. The molecular weight excluding hydrogens is 327 g/mol. The first-order chi connectivity index (χ1) is 10.8. The first-order valence-corrected chi connectivity index (χ1v) is 7.84. The first-order valence-electron chi connectivity index (χ1n) is 7.03. The highest BCUT2D eigenvalue weighted by Gasteiger charge is 2.31. The van der Waals surface area contributed by atoms with Gasteiger partial charge in [0.25, 0.3) is 5.91 Å². The first kappa shape index (κ1) is 17.3. The van der Waals surface area contributed by atoms with Crippen molar-refractivity contribution in [3.63, 3.8) is 0 Å². The van der Waals surface area contributed by atoms with Crippen LogP contribution in [0.2, 0.25) is 0 Å². The van der Waals surface area contributed by atoms with Crippen LogP contribution >= 0.6 is 11.3 Å². The van der Waals surface area contributed by atoms with Gasteiger partial charge < -0.3 is 10.1 Å². The van der Waals surface area contributed by atoms with Gasteiger partial charge in [0.1, 0.15) is 5.75 Å². The fraction of sp³-hybridized carbons (Fsp3) is 0.312. The molecule has 0 aliphatic carbocycles. The van der Waals surface area contributed by atoms with Gasteiger partial charge in [0.05, 0.1) is 22.7 Å². The topological polar surface area (TPSA) is 38.3 Å².